The smallest absolute Gasteiger partial charge is 0.326 e. The Kier molecular flexibility index (Phi) is 5.16. The number of hydrogen-bond donors (Lipinski definition) is 1. The van der Waals surface area contributed by atoms with Gasteiger partial charge >= 0.3 is 5.97 Å². The van der Waals surface area contributed by atoms with E-state index >= 15 is 0 Å². The van der Waals surface area contributed by atoms with Gasteiger partial charge in [0.2, 0.25) is 5.91 Å². The molecule has 1 amide bonds. The molecule has 0 aliphatic heterocycles. The van der Waals surface area contributed by atoms with E-state index in [2.05, 4.69) is 0 Å². The summed E-state index contributed by atoms with van der Waals surface area (Å²) in [6, 6.07) is 8.32. The Hall–Kier alpha value is -1.55. The van der Waals surface area contributed by atoms with Gasteiger partial charge < -0.3 is 10.0 Å². The number of carbonyl (C=O) groups excluding carboxylic acids is 1. The van der Waals surface area contributed by atoms with Gasteiger partial charge in [0.05, 0.1) is 0 Å². The van der Waals surface area contributed by atoms with Crippen molar-refractivity contribution in [2.75, 3.05) is 0 Å². The summed E-state index contributed by atoms with van der Waals surface area (Å²) in [6.45, 7) is 3.25. The zero-order valence-corrected chi connectivity index (χ0v) is 11.1. The number of benzene rings is 1. The van der Waals surface area contributed by atoms with E-state index in [1.807, 2.05) is 30.3 Å². The van der Waals surface area contributed by atoms with Crippen molar-refractivity contribution in [1.29, 1.82) is 0 Å². The summed E-state index contributed by atoms with van der Waals surface area (Å²) in [5, 5.41) is 8.28. The van der Waals surface area contributed by atoms with E-state index in [4.69, 9.17) is 16.7 Å². The first-order chi connectivity index (χ1) is 8.43. The molecular weight excluding hydrogens is 254 g/mol. The van der Waals surface area contributed by atoms with Gasteiger partial charge in [0.25, 0.3) is 0 Å². The Morgan fingerprint density at radius 2 is 1.83 bits per heavy atom. The largest absolute Gasteiger partial charge is 0.480 e. The van der Waals surface area contributed by atoms with E-state index in [0.717, 1.165) is 5.56 Å². The van der Waals surface area contributed by atoms with Gasteiger partial charge in [0.1, 0.15) is 11.4 Å². The van der Waals surface area contributed by atoms with Crippen molar-refractivity contribution >= 4 is 23.5 Å². The summed E-state index contributed by atoms with van der Waals surface area (Å²) in [4.78, 5) is 24.2. The van der Waals surface area contributed by atoms with Crippen molar-refractivity contribution in [2.45, 2.75) is 31.8 Å². The Bertz CT molecular complexity index is 420. The maximum absolute atomic E-state index is 11.9. The van der Waals surface area contributed by atoms with Gasteiger partial charge in [0.15, 0.2) is 0 Å². The minimum absolute atomic E-state index is 0.240. The fourth-order valence-corrected chi connectivity index (χ4v) is 1.67. The highest BCUT2D eigenvalue weighted by molar-refractivity contribution is 6.30. The molecule has 0 saturated heterocycles. The first-order valence-electron chi connectivity index (χ1n) is 5.64. The molecular formula is C13H16ClNO3. The van der Waals surface area contributed by atoms with Crippen LogP contribution in [-0.4, -0.2) is 33.3 Å². The monoisotopic (exact) mass is 269 g/mol. The molecule has 0 aliphatic carbocycles. The summed E-state index contributed by atoms with van der Waals surface area (Å²) < 4.78 is 0. The fourth-order valence-electron chi connectivity index (χ4n) is 1.55. The van der Waals surface area contributed by atoms with Crippen LogP contribution in [-0.2, 0) is 16.1 Å². The fraction of sp³-hybridized carbons (Fsp3) is 0.385. The lowest BCUT2D eigenvalue weighted by Gasteiger charge is -2.27. The van der Waals surface area contributed by atoms with Crippen molar-refractivity contribution in [3.05, 3.63) is 35.9 Å². The zero-order valence-electron chi connectivity index (χ0n) is 10.3. The van der Waals surface area contributed by atoms with Gasteiger partial charge in [-0.15, -0.1) is 11.6 Å². The average Bonchev–Trinajstić information content (AvgIpc) is 2.35. The minimum Gasteiger partial charge on any atom is -0.480 e. The van der Waals surface area contributed by atoms with Crippen LogP contribution in [0.2, 0.25) is 0 Å². The van der Waals surface area contributed by atoms with Gasteiger partial charge in [-0.05, 0) is 19.4 Å². The molecule has 2 atom stereocenters. The maximum Gasteiger partial charge on any atom is 0.326 e. The second kappa shape index (κ2) is 6.40. The molecule has 5 heteroatoms. The lowest BCUT2D eigenvalue weighted by molar-refractivity contribution is -0.149. The Balaban J connectivity index is 2.91. The van der Waals surface area contributed by atoms with Gasteiger partial charge in [-0.1, -0.05) is 30.3 Å². The molecule has 4 nitrogen and oxygen atoms in total. The number of hydrogen-bond acceptors (Lipinski definition) is 2. The lowest BCUT2D eigenvalue weighted by Crippen LogP contribution is -2.45. The highest BCUT2D eigenvalue weighted by Gasteiger charge is 2.27. The number of rotatable bonds is 5. The number of amides is 1. The molecule has 0 spiro atoms. The molecule has 0 aromatic heterocycles. The quantitative estimate of drug-likeness (QED) is 0.833. The van der Waals surface area contributed by atoms with Gasteiger partial charge in [-0.25, -0.2) is 4.79 Å². The number of halogens is 1. The van der Waals surface area contributed by atoms with E-state index in [9.17, 15) is 9.59 Å². The predicted molar refractivity (Wildman–Crippen MR) is 69.4 cm³/mol. The molecule has 2 unspecified atom stereocenters. The predicted octanol–water partition coefficient (Wildman–Crippen LogP) is 2.12. The summed E-state index contributed by atoms with van der Waals surface area (Å²) >= 11 is 5.75. The molecule has 0 saturated carbocycles. The van der Waals surface area contributed by atoms with E-state index in [0.29, 0.717) is 0 Å². The van der Waals surface area contributed by atoms with Crippen LogP contribution in [0.15, 0.2) is 30.3 Å². The van der Waals surface area contributed by atoms with Crippen LogP contribution in [0, 0.1) is 0 Å². The highest BCUT2D eigenvalue weighted by Crippen LogP contribution is 2.12. The SMILES string of the molecule is CC(Cl)C(=O)N(Cc1ccccc1)C(C)C(=O)O. The average molecular weight is 270 g/mol. The molecule has 1 aromatic rings. The van der Waals surface area contributed by atoms with E-state index in [1.165, 1.54) is 18.7 Å². The van der Waals surface area contributed by atoms with E-state index in [1.54, 1.807) is 0 Å². The number of carbonyl (C=O) groups is 2. The maximum atomic E-state index is 11.9. The van der Waals surface area contributed by atoms with E-state index < -0.39 is 17.4 Å². The highest BCUT2D eigenvalue weighted by atomic mass is 35.5. The minimum atomic E-state index is -1.04. The topological polar surface area (TPSA) is 57.6 Å². The Labute approximate surface area is 111 Å². The van der Waals surface area contributed by atoms with Crippen molar-refractivity contribution < 1.29 is 14.7 Å². The Morgan fingerprint density at radius 3 is 2.28 bits per heavy atom. The molecule has 1 N–H and O–H groups in total. The third-order valence-corrected chi connectivity index (χ3v) is 2.83. The molecule has 0 bridgehead atoms. The molecule has 0 aliphatic rings. The molecule has 1 aromatic carbocycles. The number of carboxylic acid groups (broad SMARTS) is 1. The van der Waals surface area contributed by atoms with Crippen LogP contribution in [0.5, 0.6) is 0 Å². The second-order valence-electron chi connectivity index (χ2n) is 4.08. The number of aliphatic carboxylic acids is 1. The van der Waals surface area contributed by atoms with Crippen LogP contribution in [0.4, 0.5) is 0 Å². The summed E-state index contributed by atoms with van der Waals surface area (Å²) in [7, 11) is 0. The Morgan fingerprint density at radius 1 is 1.28 bits per heavy atom. The summed E-state index contributed by atoms with van der Waals surface area (Å²) in [5.74, 6) is -1.42. The summed E-state index contributed by atoms with van der Waals surface area (Å²) in [5.41, 5.74) is 0.872. The van der Waals surface area contributed by atoms with Crippen LogP contribution in [0.25, 0.3) is 0 Å². The van der Waals surface area contributed by atoms with Gasteiger partial charge in [0, 0.05) is 6.54 Å². The third kappa shape index (κ3) is 3.74. The molecule has 98 valence electrons. The third-order valence-electron chi connectivity index (χ3n) is 2.64. The van der Waals surface area contributed by atoms with E-state index in [-0.39, 0.29) is 12.5 Å². The van der Waals surface area contributed by atoms with Crippen LogP contribution in [0.1, 0.15) is 19.4 Å². The standard InChI is InChI=1S/C13H16ClNO3/c1-9(14)12(16)15(10(2)13(17)18)8-11-6-4-3-5-7-11/h3-7,9-10H,8H2,1-2H3,(H,17,18). The number of alkyl halides is 1. The zero-order chi connectivity index (χ0) is 13.7. The lowest BCUT2D eigenvalue weighted by atomic mass is 10.1. The molecule has 0 heterocycles. The molecule has 0 radical (unpaired) electrons. The van der Waals surface area contributed by atoms with Crippen LogP contribution in [0.3, 0.4) is 0 Å². The molecule has 0 fully saturated rings. The number of nitrogens with zero attached hydrogens (tertiary/aromatic N) is 1. The summed E-state index contributed by atoms with van der Waals surface area (Å²) in [6.07, 6.45) is 0. The van der Waals surface area contributed by atoms with Crippen LogP contribution < -0.4 is 0 Å². The van der Waals surface area contributed by atoms with Crippen LogP contribution >= 0.6 is 11.6 Å². The number of carboxylic acids is 1. The van der Waals surface area contributed by atoms with Crippen molar-refractivity contribution in [3.8, 4) is 0 Å². The second-order valence-corrected chi connectivity index (χ2v) is 4.74. The van der Waals surface area contributed by atoms with Crippen molar-refractivity contribution in [2.24, 2.45) is 0 Å². The van der Waals surface area contributed by atoms with Gasteiger partial charge in [-0.3, -0.25) is 4.79 Å². The molecule has 1 rings (SSSR count). The first kappa shape index (κ1) is 14.5. The molecule has 18 heavy (non-hydrogen) atoms. The normalized spacial score (nSPS) is 13.7. The van der Waals surface area contributed by atoms with Gasteiger partial charge in [-0.2, -0.15) is 0 Å². The first-order valence-corrected chi connectivity index (χ1v) is 6.08. The van der Waals surface area contributed by atoms with Crippen molar-refractivity contribution in [3.63, 3.8) is 0 Å². The van der Waals surface area contributed by atoms with Crippen molar-refractivity contribution in [1.82, 2.24) is 4.90 Å².